The first kappa shape index (κ1) is 12.4. The Labute approximate surface area is 115 Å². The zero-order chi connectivity index (χ0) is 14.1. The third-order valence-corrected chi connectivity index (χ3v) is 3.32. The summed E-state index contributed by atoms with van der Waals surface area (Å²) in [5.74, 6) is -0.273. The average Bonchev–Trinajstić information content (AvgIpc) is 2.82. The van der Waals surface area contributed by atoms with Gasteiger partial charge in [0.15, 0.2) is 0 Å². The smallest absolute Gasteiger partial charge is 0.128 e. The average molecular weight is 265 g/mol. The van der Waals surface area contributed by atoms with Gasteiger partial charge >= 0.3 is 0 Å². The van der Waals surface area contributed by atoms with Gasteiger partial charge in [0.1, 0.15) is 5.82 Å². The minimum absolute atomic E-state index is 0.232. The molecule has 0 spiro atoms. The quantitative estimate of drug-likeness (QED) is 0.711. The van der Waals surface area contributed by atoms with Crippen LogP contribution in [-0.4, -0.2) is 9.78 Å². The van der Waals surface area contributed by atoms with E-state index in [4.69, 9.17) is 5.26 Å². The summed E-state index contributed by atoms with van der Waals surface area (Å²) in [6, 6.07) is 14.7. The molecule has 3 rings (SSSR count). The van der Waals surface area contributed by atoms with Crippen molar-refractivity contribution >= 4 is 10.9 Å². The summed E-state index contributed by atoms with van der Waals surface area (Å²) in [6.07, 6.45) is 0.232. The van der Waals surface area contributed by atoms with Crippen molar-refractivity contribution < 1.29 is 4.39 Å². The normalized spacial score (nSPS) is 10.7. The van der Waals surface area contributed by atoms with Crippen molar-refractivity contribution in [2.24, 2.45) is 0 Å². The standard InChI is InChI=1S/C16H12FN3/c1-11-6-7-12(10-14(11)17)20-16(8-9-18)13-4-2-3-5-15(13)19-20/h2-7,10H,8H2,1H3. The Morgan fingerprint density at radius 2 is 2.05 bits per heavy atom. The van der Waals surface area contributed by atoms with E-state index in [1.54, 1.807) is 17.7 Å². The predicted molar refractivity (Wildman–Crippen MR) is 75.1 cm³/mol. The molecule has 1 aromatic heterocycles. The van der Waals surface area contributed by atoms with Gasteiger partial charge in [-0.1, -0.05) is 24.3 Å². The number of halogens is 1. The topological polar surface area (TPSA) is 41.6 Å². The minimum atomic E-state index is -0.273. The maximum atomic E-state index is 13.7. The molecule has 0 saturated carbocycles. The Balaban J connectivity index is 2.27. The van der Waals surface area contributed by atoms with Crippen molar-refractivity contribution in [1.82, 2.24) is 9.78 Å². The van der Waals surface area contributed by atoms with Crippen LogP contribution in [0.4, 0.5) is 4.39 Å². The molecule has 4 heteroatoms. The number of aromatic nitrogens is 2. The van der Waals surface area contributed by atoms with Crippen molar-refractivity contribution in [3.05, 3.63) is 59.5 Å². The summed E-state index contributed by atoms with van der Waals surface area (Å²) in [6.45, 7) is 1.72. The second-order valence-corrected chi connectivity index (χ2v) is 4.64. The molecule has 0 aliphatic carbocycles. The number of fused-ring (bicyclic) bond motifs is 1. The highest BCUT2D eigenvalue weighted by molar-refractivity contribution is 5.82. The van der Waals surface area contributed by atoms with E-state index in [1.807, 2.05) is 30.3 Å². The second-order valence-electron chi connectivity index (χ2n) is 4.64. The van der Waals surface area contributed by atoms with Gasteiger partial charge in [-0.3, -0.25) is 0 Å². The molecule has 3 nitrogen and oxygen atoms in total. The third kappa shape index (κ3) is 1.94. The lowest BCUT2D eigenvalue weighted by molar-refractivity contribution is 0.616. The van der Waals surface area contributed by atoms with Crippen LogP contribution in [-0.2, 0) is 6.42 Å². The van der Waals surface area contributed by atoms with Crippen LogP contribution in [0.1, 0.15) is 11.3 Å². The number of rotatable bonds is 2. The maximum absolute atomic E-state index is 13.7. The second kappa shape index (κ2) is 4.78. The number of nitrogens with zero attached hydrogens (tertiary/aromatic N) is 3. The van der Waals surface area contributed by atoms with Crippen LogP contribution >= 0.6 is 0 Å². The molecule has 0 bridgehead atoms. The van der Waals surface area contributed by atoms with Crippen LogP contribution < -0.4 is 0 Å². The van der Waals surface area contributed by atoms with Crippen molar-refractivity contribution in [2.45, 2.75) is 13.3 Å². The monoisotopic (exact) mass is 265 g/mol. The van der Waals surface area contributed by atoms with Gasteiger partial charge < -0.3 is 0 Å². The van der Waals surface area contributed by atoms with Crippen LogP contribution in [0.2, 0.25) is 0 Å². The highest BCUT2D eigenvalue weighted by Crippen LogP contribution is 2.23. The fraction of sp³-hybridized carbons (Fsp3) is 0.125. The third-order valence-electron chi connectivity index (χ3n) is 3.32. The first-order valence-electron chi connectivity index (χ1n) is 6.31. The van der Waals surface area contributed by atoms with E-state index in [0.29, 0.717) is 11.3 Å². The molecule has 0 aliphatic heterocycles. The number of hydrogen-bond acceptors (Lipinski definition) is 2. The summed E-state index contributed by atoms with van der Waals surface area (Å²) in [5, 5.41) is 14.4. The maximum Gasteiger partial charge on any atom is 0.128 e. The van der Waals surface area contributed by atoms with E-state index in [-0.39, 0.29) is 12.2 Å². The molecule has 0 N–H and O–H groups in total. The van der Waals surface area contributed by atoms with E-state index >= 15 is 0 Å². The Bertz CT molecular complexity index is 827. The highest BCUT2D eigenvalue weighted by atomic mass is 19.1. The van der Waals surface area contributed by atoms with E-state index < -0.39 is 0 Å². The van der Waals surface area contributed by atoms with Gasteiger partial charge in [-0.25, -0.2) is 9.07 Å². The van der Waals surface area contributed by atoms with Crippen molar-refractivity contribution in [3.8, 4) is 11.8 Å². The molecule has 20 heavy (non-hydrogen) atoms. The number of nitriles is 1. The predicted octanol–water partition coefficient (Wildman–Crippen LogP) is 3.54. The fourth-order valence-corrected chi connectivity index (χ4v) is 2.26. The van der Waals surface area contributed by atoms with Crippen molar-refractivity contribution in [3.63, 3.8) is 0 Å². The molecule has 0 radical (unpaired) electrons. The summed E-state index contributed by atoms with van der Waals surface area (Å²) >= 11 is 0. The first-order valence-corrected chi connectivity index (χ1v) is 6.31. The van der Waals surface area contributed by atoms with Crippen LogP contribution in [0.15, 0.2) is 42.5 Å². The van der Waals surface area contributed by atoms with Gasteiger partial charge in [0.2, 0.25) is 0 Å². The van der Waals surface area contributed by atoms with Gasteiger partial charge in [-0.15, -0.1) is 0 Å². The summed E-state index contributed by atoms with van der Waals surface area (Å²) < 4.78 is 15.4. The van der Waals surface area contributed by atoms with Crippen LogP contribution in [0.5, 0.6) is 0 Å². The molecule has 0 amide bonds. The molecule has 0 unspecified atom stereocenters. The van der Waals surface area contributed by atoms with Gasteiger partial charge in [0, 0.05) is 5.39 Å². The lowest BCUT2D eigenvalue weighted by atomic mass is 10.1. The van der Waals surface area contributed by atoms with Gasteiger partial charge in [-0.05, 0) is 30.7 Å². The van der Waals surface area contributed by atoms with E-state index in [1.165, 1.54) is 6.07 Å². The molecule has 1 heterocycles. The van der Waals surface area contributed by atoms with E-state index in [9.17, 15) is 4.39 Å². The fourth-order valence-electron chi connectivity index (χ4n) is 2.26. The van der Waals surface area contributed by atoms with Gasteiger partial charge in [0.05, 0.1) is 29.4 Å². The highest BCUT2D eigenvalue weighted by Gasteiger charge is 2.12. The number of aryl methyl sites for hydroxylation is 1. The Kier molecular flexibility index (Phi) is 2.96. The molecule has 0 atom stereocenters. The SMILES string of the molecule is Cc1ccc(-n2nc3ccccc3c2CC#N)cc1F. The molecular weight excluding hydrogens is 253 g/mol. The van der Waals surface area contributed by atoms with Crippen LogP contribution in [0.25, 0.3) is 16.6 Å². The molecule has 0 fully saturated rings. The zero-order valence-corrected chi connectivity index (χ0v) is 11.0. The first-order chi connectivity index (χ1) is 9.70. The number of hydrogen-bond donors (Lipinski definition) is 0. The van der Waals surface area contributed by atoms with Crippen molar-refractivity contribution in [1.29, 1.82) is 5.26 Å². The molecule has 3 aromatic rings. The molecule has 2 aromatic carbocycles. The van der Waals surface area contributed by atoms with Crippen LogP contribution in [0, 0.1) is 24.1 Å². The Morgan fingerprint density at radius 1 is 1.25 bits per heavy atom. The summed E-state index contributed by atoms with van der Waals surface area (Å²) in [4.78, 5) is 0. The summed E-state index contributed by atoms with van der Waals surface area (Å²) in [7, 11) is 0. The van der Waals surface area contributed by atoms with E-state index in [2.05, 4.69) is 11.2 Å². The van der Waals surface area contributed by atoms with Crippen LogP contribution in [0.3, 0.4) is 0 Å². The zero-order valence-electron chi connectivity index (χ0n) is 11.0. The van der Waals surface area contributed by atoms with Gasteiger partial charge in [0.25, 0.3) is 0 Å². The Hall–Kier alpha value is -2.67. The van der Waals surface area contributed by atoms with E-state index in [0.717, 1.165) is 16.6 Å². The lowest BCUT2D eigenvalue weighted by Gasteiger charge is -2.06. The summed E-state index contributed by atoms with van der Waals surface area (Å²) in [5.41, 5.74) is 2.81. The van der Waals surface area contributed by atoms with Crippen molar-refractivity contribution in [2.75, 3.05) is 0 Å². The molecule has 0 saturated heterocycles. The minimum Gasteiger partial charge on any atom is -0.235 e. The number of benzene rings is 2. The molecule has 0 aliphatic rings. The van der Waals surface area contributed by atoms with Gasteiger partial charge in [-0.2, -0.15) is 10.4 Å². The molecule has 98 valence electrons. The lowest BCUT2D eigenvalue weighted by Crippen LogP contribution is -2.02. The molecular formula is C16H12FN3. The largest absolute Gasteiger partial charge is 0.235 e. The Morgan fingerprint density at radius 3 is 2.80 bits per heavy atom.